The summed E-state index contributed by atoms with van der Waals surface area (Å²) in [5.41, 5.74) is 1.10. The standard InChI is InChI=1S/C14H15BrClNO2/c1-8-11(16)10(15)7-9-5-6-17(12(8)9)13(18)19-14(2,3)4/h5-7H,1-4H3. The van der Waals surface area contributed by atoms with Crippen molar-refractivity contribution in [1.29, 1.82) is 0 Å². The fourth-order valence-electron chi connectivity index (χ4n) is 1.91. The van der Waals surface area contributed by atoms with Gasteiger partial charge in [-0.25, -0.2) is 4.79 Å². The van der Waals surface area contributed by atoms with E-state index in [4.69, 9.17) is 16.3 Å². The quantitative estimate of drug-likeness (QED) is 0.662. The second kappa shape index (κ2) is 4.84. The lowest BCUT2D eigenvalue weighted by molar-refractivity contribution is 0.0544. The normalized spacial score (nSPS) is 11.9. The first kappa shape index (κ1) is 14.4. The molecule has 0 aliphatic heterocycles. The number of carbonyl (C=O) groups excluding carboxylic acids is 1. The zero-order chi connectivity index (χ0) is 14.4. The summed E-state index contributed by atoms with van der Waals surface area (Å²) in [5, 5.41) is 1.55. The van der Waals surface area contributed by atoms with Crippen LogP contribution in [0.1, 0.15) is 26.3 Å². The SMILES string of the molecule is Cc1c(Cl)c(Br)cc2ccn(C(=O)OC(C)(C)C)c12. The van der Waals surface area contributed by atoms with Crippen LogP contribution in [-0.2, 0) is 4.74 Å². The second-order valence-corrected chi connectivity index (χ2v) is 6.63. The maximum atomic E-state index is 12.2. The minimum absolute atomic E-state index is 0.399. The third-order valence-corrected chi connectivity index (χ3v) is 4.02. The summed E-state index contributed by atoms with van der Waals surface area (Å²) in [6.45, 7) is 7.41. The highest BCUT2D eigenvalue weighted by atomic mass is 79.9. The van der Waals surface area contributed by atoms with E-state index in [1.807, 2.05) is 39.8 Å². The molecule has 0 N–H and O–H groups in total. The highest BCUT2D eigenvalue weighted by Gasteiger charge is 2.20. The molecule has 0 unspecified atom stereocenters. The molecule has 0 bridgehead atoms. The van der Waals surface area contributed by atoms with Gasteiger partial charge in [0.15, 0.2) is 0 Å². The van der Waals surface area contributed by atoms with E-state index in [1.165, 1.54) is 4.57 Å². The van der Waals surface area contributed by atoms with Crippen molar-refractivity contribution < 1.29 is 9.53 Å². The Morgan fingerprint density at radius 3 is 2.63 bits per heavy atom. The predicted molar refractivity (Wildman–Crippen MR) is 81.0 cm³/mol. The lowest BCUT2D eigenvalue weighted by atomic mass is 10.1. The zero-order valence-corrected chi connectivity index (χ0v) is 13.6. The molecule has 1 aromatic heterocycles. The molecule has 1 aromatic carbocycles. The highest BCUT2D eigenvalue weighted by Crippen LogP contribution is 2.33. The van der Waals surface area contributed by atoms with Gasteiger partial charge in [-0.15, -0.1) is 0 Å². The Bertz CT molecular complexity index is 655. The van der Waals surface area contributed by atoms with Gasteiger partial charge in [-0.1, -0.05) is 11.6 Å². The van der Waals surface area contributed by atoms with Crippen LogP contribution < -0.4 is 0 Å². The molecule has 2 rings (SSSR count). The van der Waals surface area contributed by atoms with Gasteiger partial charge in [0.2, 0.25) is 0 Å². The minimum atomic E-state index is -0.527. The van der Waals surface area contributed by atoms with Gasteiger partial charge in [0.05, 0.1) is 10.5 Å². The second-order valence-electron chi connectivity index (χ2n) is 5.40. The largest absolute Gasteiger partial charge is 0.443 e. The van der Waals surface area contributed by atoms with E-state index in [0.29, 0.717) is 5.02 Å². The molecule has 0 saturated carbocycles. The van der Waals surface area contributed by atoms with Gasteiger partial charge in [-0.3, -0.25) is 4.57 Å². The zero-order valence-electron chi connectivity index (χ0n) is 11.3. The molecule has 0 saturated heterocycles. The van der Waals surface area contributed by atoms with Gasteiger partial charge in [-0.2, -0.15) is 0 Å². The molecule has 1 heterocycles. The van der Waals surface area contributed by atoms with Crippen molar-refractivity contribution in [3.8, 4) is 0 Å². The molecular formula is C14H15BrClNO2. The lowest BCUT2D eigenvalue weighted by Gasteiger charge is -2.20. The Balaban J connectivity index is 2.57. The van der Waals surface area contributed by atoms with Gasteiger partial charge in [0.25, 0.3) is 0 Å². The molecule has 2 aromatic rings. The molecule has 3 nitrogen and oxygen atoms in total. The molecule has 0 amide bonds. The number of hydrogen-bond donors (Lipinski definition) is 0. The number of hydrogen-bond acceptors (Lipinski definition) is 2. The maximum Gasteiger partial charge on any atom is 0.419 e. The molecule has 0 fully saturated rings. The van der Waals surface area contributed by atoms with Crippen LogP contribution in [0.4, 0.5) is 4.79 Å². The monoisotopic (exact) mass is 343 g/mol. The number of halogens is 2. The lowest BCUT2D eigenvalue weighted by Crippen LogP contribution is -2.26. The molecule has 0 atom stereocenters. The Hall–Kier alpha value is -1.00. The first-order valence-corrected chi connectivity index (χ1v) is 7.07. The van der Waals surface area contributed by atoms with Crippen LogP contribution in [0, 0.1) is 6.92 Å². The van der Waals surface area contributed by atoms with Crippen LogP contribution in [0.15, 0.2) is 22.8 Å². The molecule has 0 aliphatic rings. The molecule has 0 aliphatic carbocycles. The van der Waals surface area contributed by atoms with Gasteiger partial charge in [0, 0.05) is 16.1 Å². The van der Waals surface area contributed by atoms with Crippen molar-refractivity contribution in [3.05, 3.63) is 33.4 Å². The predicted octanol–water partition coefficient (Wildman–Crippen LogP) is 5.15. The van der Waals surface area contributed by atoms with Crippen molar-refractivity contribution in [1.82, 2.24) is 4.57 Å². The van der Waals surface area contributed by atoms with Gasteiger partial charge >= 0.3 is 6.09 Å². The Labute approximate surface area is 125 Å². The number of aromatic nitrogens is 1. The summed E-state index contributed by atoms with van der Waals surface area (Å²) in [5.74, 6) is 0. The fourth-order valence-corrected chi connectivity index (χ4v) is 2.60. The number of ether oxygens (including phenoxy) is 1. The third-order valence-electron chi connectivity index (χ3n) is 2.68. The number of benzene rings is 1. The van der Waals surface area contributed by atoms with E-state index in [2.05, 4.69) is 15.9 Å². The minimum Gasteiger partial charge on any atom is -0.443 e. The highest BCUT2D eigenvalue weighted by molar-refractivity contribution is 9.10. The molecule has 0 spiro atoms. The van der Waals surface area contributed by atoms with Crippen molar-refractivity contribution >= 4 is 44.5 Å². The molecule has 102 valence electrons. The topological polar surface area (TPSA) is 31.2 Å². The van der Waals surface area contributed by atoms with Crippen molar-refractivity contribution in [3.63, 3.8) is 0 Å². The van der Waals surface area contributed by atoms with Crippen LogP contribution in [-0.4, -0.2) is 16.3 Å². The van der Waals surface area contributed by atoms with E-state index in [9.17, 15) is 4.79 Å². The average molecular weight is 345 g/mol. The molecular weight excluding hydrogens is 330 g/mol. The van der Waals surface area contributed by atoms with E-state index < -0.39 is 11.7 Å². The Kier molecular flexibility index (Phi) is 3.67. The summed E-state index contributed by atoms with van der Waals surface area (Å²) < 4.78 is 7.70. The van der Waals surface area contributed by atoms with E-state index in [0.717, 1.165) is 20.9 Å². The first-order chi connectivity index (χ1) is 8.70. The fraction of sp³-hybridized carbons (Fsp3) is 0.357. The van der Waals surface area contributed by atoms with Crippen LogP contribution >= 0.6 is 27.5 Å². The number of fused-ring (bicyclic) bond motifs is 1. The van der Waals surface area contributed by atoms with Crippen LogP contribution in [0.5, 0.6) is 0 Å². The van der Waals surface area contributed by atoms with Crippen molar-refractivity contribution in [2.45, 2.75) is 33.3 Å². The summed E-state index contributed by atoms with van der Waals surface area (Å²) in [6.07, 6.45) is 1.30. The summed E-state index contributed by atoms with van der Waals surface area (Å²) in [7, 11) is 0. The molecule has 5 heteroatoms. The van der Waals surface area contributed by atoms with Gasteiger partial charge in [-0.05, 0) is 61.3 Å². The van der Waals surface area contributed by atoms with Crippen molar-refractivity contribution in [2.75, 3.05) is 0 Å². The van der Waals surface area contributed by atoms with E-state index in [-0.39, 0.29) is 0 Å². The van der Waals surface area contributed by atoms with E-state index >= 15 is 0 Å². The Morgan fingerprint density at radius 2 is 2.05 bits per heavy atom. The number of nitrogens with zero attached hydrogens (tertiary/aromatic N) is 1. The van der Waals surface area contributed by atoms with Crippen LogP contribution in [0.2, 0.25) is 5.02 Å². The summed E-state index contributed by atoms with van der Waals surface area (Å²) >= 11 is 9.62. The summed E-state index contributed by atoms with van der Waals surface area (Å²) in [4.78, 5) is 12.2. The summed E-state index contributed by atoms with van der Waals surface area (Å²) in [6, 6.07) is 3.76. The van der Waals surface area contributed by atoms with Crippen molar-refractivity contribution in [2.24, 2.45) is 0 Å². The number of rotatable bonds is 0. The number of aryl methyl sites for hydroxylation is 1. The maximum absolute atomic E-state index is 12.2. The Morgan fingerprint density at radius 1 is 1.42 bits per heavy atom. The molecule has 19 heavy (non-hydrogen) atoms. The number of carbonyl (C=O) groups is 1. The van der Waals surface area contributed by atoms with Gasteiger partial charge < -0.3 is 4.74 Å². The van der Waals surface area contributed by atoms with Gasteiger partial charge in [0.1, 0.15) is 5.60 Å². The van der Waals surface area contributed by atoms with Crippen LogP contribution in [0.3, 0.4) is 0 Å². The first-order valence-electron chi connectivity index (χ1n) is 5.90. The van der Waals surface area contributed by atoms with Crippen LogP contribution in [0.25, 0.3) is 10.9 Å². The molecule has 0 radical (unpaired) electrons. The van der Waals surface area contributed by atoms with E-state index in [1.54, 1.807) is 6.20 Å². The third kappa shape index (κ3) is 2.79. The average Bonchev–Trinajstić information content (AvgIpc) is 2.67. The smallest absolute Gasteiger partial charge is 0.419 e.